The van der Waals surface area contributed by atoms with Crippen molar-refractivity contribution in [3.63, 3.8) is 0 Å². The van der Waals surface area contributed by atoms with E-state index in [0.29, 0.717) is 29.0 Å². The number of sulfone groups is 1. The summed E-state index contributed by atoms with van der Waals surface area (Å²) in [5.41, 5.74) is 0.547. The van der Waals surface area contributed by atoms with Crippen LogP contribution in [0.2, 0.25) is 0 Å². The highest BCUT2D eigenvalue weighted by Crippen LogP contribution is 2.15. The van der Waals surface area contributed by atoms with Crippen LogP contribution in [-0.2, 0) is 31.7 Å². The minimum atomic E-state index is -3.30. The van der Waals surface area contributed by atoms with Crippen molar-refractivity contribution in [3.05, 3.63) is 41.8 Å². The van der Waals surface area contributed by atoms with E-state index in [1.165, 1.54) is 28.6 Å². The SMILES string of the molecule is Cc1nc(CSCC(=O)OCc2nnnn2-c2ccc(S(C)(=O)=O)cc2)no1. The quantitative estimate of drug-likeness (QED) is 0.472. The lowest BCUT2D eigenvalue weighted by molar-refractivity contribution is -0.141. The Morgan fingerprint density at radius 2 is 2.04 bits per heavy atom. The van der Waals surface area contributed by atoms with Gasteiger partial charge in [-0.2, -0.15) is 9.67 Å². The molecule has 3 rings (SSSR count). The summed E-state index contributed by atoms with van der Waals surface area (Å²) in [4.78, 5) is 16.1. The highest BCUT2D eigenvalue weighted by atomic mass is 32.2. The van der Waals surface area contributed by atoms with Gasteiger partial charge in [0.2, 0.25) is 5.89 Å². The third-order valence-corrected chi connectivity index (χ3v) is 5.46. The highest BCUT2D eigenvalue weighted by Gasteiger charge is 2.13. The van der Waals surface area contributed by atoms with Gasteiger partial charge in [-0.1, -0.05) is 5.16 Å². The molecule has 11 nitrogen and oxygen atoms in total. The summed E-state index contributed by atoms with van der Waals surface area (Å²) in [5, 5.41) is 15.0. The van der Waals surface area contributed by atoms with Crippen LogP contribution in [-0.4, -0.2) is 56.7 Å². The molecule has 0 aliphatic heterocycles. The molecule has 2 aromatic heterocycles. The van der Waals surface area contributed by atoms with Gasteiger partial charge in [0.05, 0.1) is 22.1 Å². The fourth-order valence-corrected chi connectivity index (χ4v) is 3.43. The van der Waals surface area contributed by atoms with Crippen LogP contribution in [0.5, 0.6) is 0 Å². The Labute approximate surface area is 164 Å². The second-order valence-corrected chi connectivity index (χ2v) is 8.66. The summed E-state index contributed by atoms with van der Waals surface area (Å²) in [7, 11) is -3.30. The molecule has 0 spiro atoms. The molecule has 0 unspecified atom stereocenters. The van der Waals surface area contributed by atoms with Crippen LogP contribution in [0.4, 0.5) is 0 Å². The molecule has 0 saturated heterocycles. The maximum absolute atomic E-state index is 11.9. The standard InChI is InChI=1S/C15H16N6O5S2/c1-10-16-13(18-26-10)8-27-9-15(22)25-7-14-17-19-20-21(14)11-3-5-12(6-4-11)28(2,23)24/h3-6H,7-9H2,1-2H3. The summed E-state index contributed by atoms with van der Waals surface area (Å²) in [5.74, 6) is 1.38. The Morgan fingerprint density at radius 1 is 1.29 bits per heavy atom. The Kier molecular flexibility index (Phi) is 6.04. The van der Waals surface area contributed by atoms with Gasteiger partial charge >= 0.3 is 5.97 Å². The van der Waals surface area contributed by atoms with Gasteiger partial charge in [-0.25, -0.2) is 8.42 Å². The lowest BCUT2D eigenvalue weighted by atomic mass is 10.3. The van der Waals surface area contributed by atoms with E-state index in [1.54, 1.807) is 19.1 Å². The Balaban J connectivity index is 1.54. The molecule has 0 radical (unpaired) electrons. The van der Waals surface area contributed by atoms with Crippen molar-refractivity contribution in [1.29, 1.82) is 0 Å². The Morgan fingerprint density at radius 3 is 2.68 bits per heavy atom. The van der Waals surface area contributed by atoms with Gasteiger partial charge in [0.1, 0.15) is 0 Å². The first-order valence-electron chi connectivity index (χ1n) is 7.93. The molecular formula is C15H16N6O5S2. The predicted octanol–water partition coefficient (Wildman–Crippen LogP) is 0.734. The van der Waals surface area contributed by atoms with E-state index in [9.17, 15) is 13.2 Å². The summed E-state index contributed by atoms with van der Waals surface area (Å²) in [6.45, 7) is 1.57. The zero-order valence-electron chi connectivity index (χ0n) is 15.0. The van der Waals surface area contributed by atoms with Crippen LogP contribution < -0.4 is 0 Å². The molecule has 0 fully saturated rings. The molecule has 1 aromatic carbocycles. The number of tetrazole rings is 1. The molecule has 13 heteroatoms. The van der Waals surface area contributed by atoms with E-state index in [0.717, 1.165) is 6.26 Å². The number of aromatic nitrogens is 6. The van der Waals surface area contributed by atoms with Crippen molar-refractivity contribution >= 4 is 27.6 Å². The lowest BCUT2D eigenvalue weighted by Crippen LogP contribution is -2.11. The van der Waals surface area contributed by atoms with Crippen LogP contribution in [0, 0.1) is 6.92 Å². The molecule has 0 atom stereocenters. The van der Waals surface area contributed by atoms with Crippen LogP contribution in [0.3, 0.4) is 0 Å². The largest absolute Gasteiger partial charge is 0.457 e. The number of thioether (sulfide) groups is 1. The third-order valence-electron chi connectivity index (χ3n) is 3.43. The van der Waals surface area contributed by atoms with Crippen molar-refractivity contribution in [2.24, 2.45) is 0 Å². The van der Waals surface area contributed by atoms with Gasteiger partial charge in [0, 0.05) is 13.2 Å². The topological polar surface area (TPSA) is 143 Å². The second-order valence-electron chi connectivity index (χ2n) is 5.66. The smallest absolute Gasteiger partial charge is 0.316 e. The van der Waals surface area contributed by atoms with Crippen LogP contribution in [0.15, 0.2) is 33.7 Å². The van der Waals surface area contributed by atoms with Crippen molar-refractivity contribution in [3.8, 4) is 5.69 Å². The van der Waals surface area contributed by atoms with Gasteiger partial charge in [-0.05, 0) is 34.7 Å². The molecule has 0 aliphatic rings. The van der Waals surface area contributed by atoms with Gasteiger partial charge in [0.15, 0.2) is 28.1 Å². The summed E-state index contributed by atoms with van der Waals surface area (Å²) in [6, 6.07) is 6.05. The number of esters is 1. The zero-order chi connectivity index (χ0) is 20.1. The second kappa shape index (κ2) is 8.48. The number of benzene rings is 1. The summed E-state index contributed by atoms with van der Waals surface area (Å²) < 4.78 is 34.5. The number of carbonyl (C=O) groups excluding carboxylic acids is 1. The lowest BCUT2D eigenvalue weighted by Gasteiger charge is -2.06. The molecule has 148 valence electrons. The Hall–Kier alpha value is -2.80. The van der Waals surface area contributed by atoms with E-state index >= 15 is 0 Å². The number of nitrogens with zero attached hydrogens (tertiary/aromatic N) is 6. The zero-order valence-corrected chi connectivity index (χ0v) is 16.6. The predicted molar refractivity (Wildman–Crippen MR) is 97.3 cm³/mol. The first-order chi connectivity index (χ1) is 13.3. The van der Waals surface area contributed by atoms with E-state index in [-0.39, 0.29) is 17.3 Å². The average Bonchev–Trinajstić information content (AvgIpc) is 3.28. The first kappa shape index (κ1) is 19.9. The van der Waals surface area contributed by atoms with Crippen molar-refractivity contribution in [2.45, 2.75) is 24.2 Å². The third kappa shape index (κ3) is 5.13. The number of aryl methyl sites for hydroxylation is 1. The minimum Gasteiger partial charge on any atom is -0.457 e. The highest BCUT2D eigenvalue weighted by molar-refractivity contribution is 7.99. The van der Waals surface area contributed by atoms with E-state index in [4.69, 9.17) is 9.26 Å². The molecule has 3 aromatic rings. The molecule has 2 heterocycles. The first-order valence-corrected chi connectivity index (χ1v) is 11.0. The van der Waals surface area contributed by atoms with Gasteiger partial charge < -0.3 is 9.26 Å². The van der Waals surface area contributed by atoms with E-state index in [1.807, 2.05) is 0 Å². The fraction of sp³-hybridized carbons (Fsp3) is 0.333. The van der Waals surface area contributed by atoms with Crippen LogP contribution in [0.1, 0.15) is 17.5 Å². The maximum Gasteiger partial charge on any atom is 0.316 e. The Bertz CT molecular complexity index is 1060. The van der Waals surface area contributed by atoms with Crippen molar-refractivity contribution in [2.75, 3.05) is 12.0 Å². The van der Waals surface area contributed by atoms with Gasteiger partial charge in [0.25, 0.3) is 0 Å². The van der Waals surface area contributed by atoms with Crippen LogP contribution >= 0.6 is 11.8 Å². The van der Waals surface area contributed by atoms with Crippen LogP contribution in [0.25, 0.3) is 5.69 Å². The molecule has 0 amide bonds. The van der Waals surface area contributed by atoms with E-state index in [2.05, 4.69) is 25.7 Å². The van der Waals surface area contributed by atoms with Gasteiger partial charge in [-0.15, -0.1) is 16.9 Å². The summed E-state index contributed by atoms with van der Waals surface area (Å²) in [6.07, 6.45) is 1.13. The molecular weight excluding hydrogens is 408 g/mol. The molecule has 28 heavy (non-hydrogen) atoms. The number of hydrogen-bond donors (Lipinski definition) is 0. The molecule has 0 saturated carbocycles. The minimum absolute atomic E-state index is 0.109. The molecule has 0 N–H and O–H groups in total. The van der Waals surface area contributed by atoms with Crippen molar-refractivity contribution < 1.29 is 22.5 Å². The normalized spacial score (nSPS) is 11.5. The fourth-order valence-electron chi connectivity index (χ4n) is 2.14. The summed E-state index contributed by atoms with van der Waals surface area (Å²) >= 11 is 1.29. The van der Waals surface area contributed by atoms with Gasteiger partial charge in [-0.3, -0.25) is 4.79 Å². The number of rotatable bonds is 8. The molecule has 0 aliphatic carbocycles. The average molecular weight is 424 g/mol. The number of carbonyl (C=O) groups is 1. The maximum atomic E-state index is 11.9. The monoisotopic (exact) mass is 424 g/mol. The molecule has 0 bridgehead atoms. The van der Waals surface area contributed by atoms with E-state index < -0.39 is 15.8 Å². The number of ether oxygens (including phenoxy) is 1. The number of hydrogen-bond acceptors (Lipinski definition) is 11. The van der Waals surface area contributed by atoms with Crippen molar-refractivity contribution in [1.82, 2.24) is 30.3 Å².